The summed E-state index contributed by atoms with van der Waals surface area (Å²) in [5.41, 5.74) is 3.44. The molecule has 0 saturated carbocycles. The van der Waals surface area contributed by atoms with E-state index in [1.54, 1.807) is 0 Å². The van der Waals surface area contributed by atoms with Crippen LogP contribution in [0, 0.1) is 5.92 Å². The molecule has 2 aromatic rings. The normalized spacial score (nSPS) is 16.6. The van der Waals surface area contributed by atoms with Crippen LogP contribution in [-0.2, 0) is 13.0 Å². The molecule has 0 bridgehead atoms. The van der Waals surface area contributed by atoms with Crippen molar-refractivity contribution in [2.24, 2.45) is 5.92 Å². The topological polar surface area (TPSA) is 49.3 Å². The first-order valence-corrected chi connectivity index (χ1v) is 7.22. The zero-order valence-corrected chi connectivity index (χ0v) is 12.2. The summed E-state index contributed by atoms with van der Waals surface area (Å²) in [6.45, 7) is -0.0178. The third-order valence-electron chi connectivity index (χ3n) is 3.72. The Kier molecular flexibility index (Phi) is 3.82. The van der Waals surface area contributed by atoms with Crippen LogP contribution < -0.4 is 5.32 Å². The molecule has 0 radical (unpaired) electrons. The first-order valence-electron chi connectivity index (χ1n) is 6.82. The molecule has 0 spiro atoms. The number of aliphatic hydroxyl groups excluding tert-OH is 1. The van der Waals surface area contributed by atoms with E-state index in [1.165, 1.54) is 0 Å². The summed E-state index contributed by atoms with van der Waals surface area (Å²) in [5, 5.41) is 12.3. The number of Topliss-reactive ketones (excluding diaryl/α,β-unsaturated/α-hetero) is 1. The van der Waals surface area contributed by atoms with E-state index in [4.69, 9.17) is 17.3 Å². The lowest BCUT2D eigenvalue weighted by Gasteiger charge is -2.13. The Labute approximate surface area is 128 Å². The molecular formula is C17H15NO2S. The van der Waals surface area contributed by atoms with Crippen molar-refractivity contribution in [1.29, 1.82) is 0 Å². The number of hydrogen-bond acceptors (Lipinski definition) is 3. The van der Waals surface area contributed by atoms with Crippen LogP contribution >= 0.6 is 12.2 Å². The summed E-state index contributed by atoms with van der Waals surface area (Å²) in [4.78, 5) is 12.9. The smallest absolute Gasteiger partial charge is 0.173 e. The van der Waals surface area contributed by atoms with E-state index < -0.39 is 0 Å². The fraction of sp³-hybridized carbons (Fsp3) is 0.176. The second-order valence-corrected chi connectivity index (χ2v) is 5.57. The molecule has 1 unspecified atom stereocenters. The number of carbonyl (C=O) groups excluding carboxylic acids is 1. The molecule has 0 heterocycles. The molecule has 0 saturated heterocycles. The molecule has 2 N–H and O–H groups in total. The predicted octanol–water partition coefficient (Wildman–Crippen LogP) is 2.97. The standard InChI is InChI=1S/C17H15NO2S/c19-10-11-4-3-6-13(8-11)18-17(21)15-9-12-5-1-2-7-14(12)16(15)20/h1-8,15,19H,9-10H2,(H,18,21). The SMILES string of the molecule is O=C1c2ccccc2CC1C(=S)Nc1cccc(CO)c1. The minimum atomic E-state index is -0.296. The summed E-state index contributed by atoms with van der Waals surface area (Å²) in [7, 11) is 0. The van der Waals surface area contributed by atoms with Crippen LogP contribution in [0.3, 0.4) is 0 Å². The number of aliphatic hydroxyl groups is 1. The van der Waals surface area contributed by atoms with E-state index >= 15 is 0 Å². The van der Waals surface area contributed by atoms with Crippen LogP contribution in [0.5, 0.6) is 0 Å². The van der Waals surface area contributed by atoms with Gasteiger partial charge in [-0.2, -0.15) is 0 Å². The molecule has 106 valence electrons. The highest BCUT2D eigenvalue weighted by Gasteiger charge is 2.33. The van der Waals surface area contributed by atoms with Crippen molar-refractivity contribution in [3.8, 4) is 0 Å². The molecule has 1 atom stereocenters. The third kappa shape index (κ3) is 2.73. The van der Waals surface area contributed by atoms with Gasteiger partial charge in [0, 0.05) is 11.3 Å². The maximum Gasteiger partial charge on any atom is 0.173 e. The zero-order chi connectivity index (χ0) is 14.8. The molecule has 0 fully saturated rings. The van der Waals surface area contributed by atoms with Crippen molar-refractivity contribution >= 4 is 28.7 Å². The van der Waals surface area contributed by atoms with Crippen LogP contribution in [0.1, 0.15) is 21.5 Å². The van der Waals surface area contributed by atoms with Crippen LogP contribution in [0.2, 0.25) is 0 Å². The number of rotatable bonds is 3. The van der Waals surface area contributed by atoms with Gasteiger partial charge in [0.15, 0.2) is 5.78 Å². The number of carbonyl (C=O) groups is 1. The van der Waals surface area contributed by atoms with Gasteiger partial charge in [-0.25, -0.2) is 0 Å². The van der Waals surface area contributed by atoms with Crippen LogP contribution in [-0.4, -0.2) is 15.9 Å². The lowest BCUT2D eigenvalue weighted by atomic mass is 10.0. The number of thiocarbonyl (C=S) groups is 1. The highest BCUT2D eigenvalue weighted by molar-refractivity contribution is 7.80. The average molecular weight is 297 g/mol. The summed E-state index contributed by atoms with van der Waals surface area (Å²) in [6, 6.07) is 15.0. The lowest BCUT2D eigenvalue weighted by molar-refractivity contribution is 0.0969. The molecule has 0 aliphatic heterocycles. The van der Waals surface area contributed by atoms with Crippen molar-refractivity contribution in [1.82, 2.24) is 0 Å². The van der Waals surface area contributed by atoms with Gasteiger partial charge in [0.05, 0.1) is 17.5 Å². The maximum absolute atomic E-state index is 12.4. The third-order valence-corrected chi connectivity index (χ3v) is 4.10. The number of benzene rings is 2. The van der Waals surface area contributed by atoms with E-state index in [1.807, 2.05) is 48.5 Å². The number of anilines is 1. The predicted molar refractivity (Wildman–Crippen MR) is 86.6 cm³/mol. The average Bonchev–Trinajstić information content (AvgIpc) is 2.85. The second kappa shape index (κ2) is 5.76. The van der Waals surface area contributed by atoms with Crippen molar-refractivity contribution < 1.29 is 9.90 Å². The van der Waals surface area contributed by atoms with Crippen LogP contribution in [0.15, 0.2) is 48.5 Å². The van der Waals surface area contributed by atoms with Crippen molar-refractivity contribution in [2.75, 3.05) is 5.32 Å². The maximum atomic E-state index is 12.4. The van der Waals surface area contributed by atoms with E-state index in [2.05, 4.69) is 5.32 Å². The number of nitrogens with one attached hydrogen (secondary N) is 1. The van der Waals surface area contributed by atoms with Gasteiger partial charge in [-0.3, -0.25) is 4.79 Å². The van der Waals surface area contributed by atoms with E-state index in [9.17, 15) is 4.79 Å². The largest absolute Gasteiger partial charge is 0.392 e. The van der Waals surface area contributed by atoms with E-state index in [-0.39, 0.29) is 18.3 Å². The molecule has 4 heteroatoms. The molecular weight excluding hydrogens is 282 g/mol. The first-order chi connectivity index (χ1) is 10.2. The monoisotopic (exact) mass is 297 g/mol. The van der Waals surface area contributed by atoms with Gasteiger partial charge in [0.1, 0.15) is 0 Å². The fourth-order valence-corrected chi connectivity index (χ4v) is 2.94. The summed E-state index contributed by atoms with van der Waals surface area (Å²) < 4.78 is 0. The fourth-order valence-electron chi connectivity index (χ4n) is 2.63. The Bertz CT molecular complexity index is 711. The Morgan fingerprint density at radius 2 is 2.05 bits per heavy atom. The molecule has 0 amide bonds. The highest BCUT2D eigenvalue weighted by atomic mass is 32.1. The van der Waals surface area contributed by atoms with Gasteiger partial charge < -0.3 is 10.4 Å². The van der Waals surface area contributed by atoms with Gasteiger partial charge in [-0.15, -0.1) is 0 Å². The second-order valence-electron chi connectivity index (χ2n) is 5.13. The van der Waals surface area contributed by atoms with E-state index in [0.29, 0.717) is 11.4 Å². The number of hydrogen-bond donors (Lipinski definition) is 2. The van der Waals surface area contributed by atoms with Crippen LogP contribution in [0.4, 0.5) is 5.69 Å². The minimum absolute atomic E-state index is 0.0178. The summed E-state index contributed by atoms with van der Waals surface area (Å²) >= 11 is 5.41. The molecule has 3 nitrogen and oxygen atoms in total. The minimum Gasteiger partial charge on any atom is -0.392 e. The van der Waals surface area contributed by atoms with Gasteiger partial charge in [0.25, 0.3) is 0 Å². The van der Waals surface area contributed by atoms with Crippen molar-refractivity contribution in [2.45, 2.75) is 13.0 Å². The zero-order valence-electron chi connectivity index (χ0n) is 11.4. The summed E-state index contributed by atoms with van der Waals surface area (Å²) in [5.74, 6) is -0.211. The quantitative estimate of drug-likeness (QED) is 0.855. The van der Waals surface area contributed by atoms with Gasteiger partial charge in [0.2, 0.25) is 0 Å². The van der Waals surface area contributed by atoms with Gasteiger partial charge in [-0.05, 0) is 29.7 Å². The Morgan fingerprint density at radius 1 is 1.24 bits per heavy atom. The molecule has 3 rings (SSSR count). The van der Waals surface area contributed by atoms with Crippen molar-refractivity contribution in [3.05, 3.63) is 65.2 Å². The van der Waals surface area contributed by atoms with Crippen molar-refractivity contribution in [3.63, 3.8) is 0 Å². The molecule has 1 aliphatic rings. The Balaban J connectivity index is 1.77. The number of fused-ring (bicyclic) bond motifs is 1. The van der Waals surface area contributed by atoms with Crippen LogP contribution in [0.25, 0.3) is 0 Å². The lowest BCUT2D eigenvalue weighted by Crippen LogP contribution is -2.25. The molecule has 0 aromatic heterocycles. The molecule has 2 aromatic carbocycles. The summed E-state index contributed by atoms with van der Waals surface area (Å²) in [6.07, 6.45) is 0.653. The highest BCUT2D eigenvalue weighted by Crippen LogP contribution is 2.28. The number of ketones is 1. The Hall–Kier alpha value is -2.04. The van der Waals surface area contributed by atoms with Gasteiger partial charge in [-0.1, -0.05) is 48.6 Å². The van der Waals surface area contributed by atoms with E-state index in [0.717, 1.165) is 22.4 Å². The molecule has 21 heavy (non-hydrogen) atoms. The van der Waals surface area contributed by atoms with Gasteiger partial charge >= 0.3 is 0 Å². The first kappa shape index (κ1) is 13.9. The Morgan fingerprint density at radius 3 is 2.81 bits per heavy atom. The molecule has 1 aliphatic carbocycles.